The predicted octanol–water partition coefficient (Wildman–Crippen LogP) is 3.59. The molecule has 0 saturated heterocycles. The van der Waals surface area contributed by atoms with Crippen molar-refractivity contribution >= 4 is 16.5 Å². The van der Waals surface area contributed by atoms with Crippen LogP contribution in [0.15, 0.2) is 6.20 Å². The summed E-state index contributed by atoms with van der Waals surface area (Å²) in [4.78, 5) is 8.28. The van der Waals surface area contributed by atoms with E-state index in [0.29, 0.717) is 0 Å². The molecule has 2 rings (SSSR count). The third-order valence-corrected chi connectivity index (χ3v) is 4.76. The van der Waals surface area contributed by atoms with Gasteiger partial charge in [0.15, 0.2) is 5.13 Å². The van der Waals surface area contributed by atoms with E-state index in [0.717, 1.165) is 30.2 Å². The van der Waals surface area contributed by atoms with Gasteiger partial charge in [0.2, 0.25) is 0 Å². The zero-order chi connectivity index (χ0) is 13.0. The van der Waals surface area contributed by atoms with Crippen LogP contribution in [-0.4, -0.2) is 29.5 Å². The number of thiazole rings is 1. The highest BCUT2D eigenvalue weighted by Gasteiger charge is 2.22. The second-order valence-electron chi connectivity index (χ2n) is 5.50. The van der Waals surface area contributed by atoms with Crippen LogP contribution >= 0.6 is 11.3 Å². The summed E-state index contributed by atoms with van der Waals surface area (Å²) in [6.45, 7) is 6.48. The molecule has 1 fully saturated rings. The van der Waals surface area contributed by atoms with Crippen molar-refractivity contribution in [3.63, 3.8) is 0 Å². The van der Waals surface area contributed by atoms with Crippen molar-refractivity contribution in [2.24, 2.45) is 5.92 Å². The van der Waals surface area contributed by atoms with E-state index in [9.17, 15) is 0 Å². The van der Waals surface area contributed by atoms with Crippen LogP contribution in [0.25, 0.3) is 0 Å². The van der Waals surface area contributed by atoms with E-state index < -0.39 is 0 Å². The molecule has 2 unspecified atom stereocenters. The first-order chi connectivity index (χ1) is 8.69. The van der Waals surface area contributed by atoms with Crippen LogP contribution in [0.2, 0.25) is 0 Å². The molecule has 0 bridgehead atoms. The quantitative estimate of drug-likeness (QED) is 0.883. The fourth-order valence-electron chi connectivity index (χ4n) is 2.79. The first-order valence-corrected chi connectivity index (χ1v) is 7.89. The zero-order valence-corrected chi connectivity index (χ0v) is 12.6. The van der Waals surface area contributed by atoms with Crippen LogP contribution in [0.3, 0.4) is 0 Å². The van der Waals surface area contributed by atoms with Crippen molar-refractivity contribution in [2.45, 2.75) is 52.1 Å². The molecule has 1 aromatic heterocycles. The number of hydrogen-bond acceptors (Lipinski definition) is 4. The fourth-order valence-corrected chi connectivity index (χ4v) is 3.73. The van der Waals surface area contributed by atoms with E-state index in [1.165, 1.54) is 30.6 Å². The lowest BCUT2D eigenvalue weighted by molar-refractivity contribution is 0.159. The van der Waals surface area contributed by atoms with Gasteiger partial charge < -0.3 is 5.32 Å². The topological polar surface area (TPSA) is 28.2 Å². The number of hydrogen-bond donors (Lipinski definition) is 1. The maximum atomic E-state index is 4.40. The Morgan fingerprint density at radius 1 is 1.50 bits per heavy atom. The average Bonchev–Trinajstić information content (AvgIpc) is 2.77. The molecule has 0 radical (unpaired) electrons. The predicted molar refractivity (Wildman–Crippen MR) is 79.2 cm³/mol. The Labute approximate surface area is 115 Å². The summed E-state index contributed by atoms with van der Waals surface area (Å²) < 4.78 is 0. The normalized spacial score (nSPS) is 24.4. The maximum absolute atomic E-state index is 4.40. The van der Waals surface area contributed by atoms with Crippen LogP contribution in [0.4, 0.5) is 5.13 Å². The minimum Gasteiger partial charge on any atom is -0.362 e. The molecule has 4 heteroatoms. The van der Waals surface area contributed by atoms with Crippen molar-refractivity contribution < 1.29 is 0 Å². The van der Waals surface area contributed by atoms with Crippen LogP contribution in [-0.2, 0) is 6.54 Å². The molecule has 1 aliphatic rings. The molecule has 1 heterocycles. The van der Waals surface area contributed by atoms with Crippen LogP contribution < -0.4 is 5.32 Å². The summed E-state index contributed by atoms with van der Waals surface area (Å²) in [6.07, 6.45) is 7.54. The summed E-state index contributed by atoms with van der Waals surface area (Å²) in [7, 11) is 2.26. The van der Waals surface area contributed by atoms with Crippen LogP contribution in [0, 0.1) is 5.92 Å². The van der Waals surface area contributed by atoms with Gasteiger partial charge in [0, 0.05) is 30.2 Å². The lowest BCUT2D eigenvalue weighted by Crippen LogP contribution is -2.34. The van der Waals surface area contributed by atoms with E-state index in [4.69, 9.17) is 0 Å². The van der Waals surface area contributed by atoms with E-state index >= 15 is 0 Å². The molecule has 1 aromatic rings. The molecule has 3 nitrogen and oxygen atoms in total. The molecule has 1 N–H and O–H groups in total. The lowest BCUT2D eigenvalue weighted by Gasteiger charge is -2.33. The molecule has 0 spiro atoms. The zero-order valence-electron chi connectivity index (χ0n) is 11.8. The third kappa shape index (κ3) is 3.69. The molecule has 0 aliphatic heterocycles. The number of anilines is 1. The Balaban J connectivity index is 1.87. The number of aromatic nitrogens is 1. The van der Waals surface area contributed by atoms with Gasteiger partial charge in [-0.3, -0.25) is 4.90 Å². The lowest BCUT2D eigenvalue weighted by atomic mass is 9.86. The van der Waals surface area contributed by atoms with E-state index in [-0.39, 0.29) is 0 Å². The fraction of sp³-hybridized carbons (Fsp3) is 0.786. The van der Waals surface area contributed by atoms with Crippen molar-refractivity contribution in [1.82, 2.24) is 9.88 Å². The van der Waals surface area contributed by atoms with Gasteiger partial charge in [-0.15, -0.1) is 11.3 Å². The Morgan fingerprint density at radius 2 is 2.33 bits per heavy atom. The van der Waals surface area contributed by atoms with Gasteiger partial charge in [0.05, 0.1) is 0 Å². The summed E-state index contributed by atoms with van der Waals surface area (Å²) in [5.74, 6) is 0.893. The van der Waals surface area contributed by atoms with Gasteiger partial charge in [-0.05, 0) is 32.7 Å². The van der Waals surface area contributed by atoms with Gasteiger partial charge in [-0.1, -0.05) is 19.8 Å². The first-order valence-electron chi connectivity index (χ1n) is 7.07. The average molecular weight is 267 g/mol. The minimum atomic E-state index is 0.762. The highest BCUT2D eigenvalue weighted by Crippen LogP contribution is 2.28. The van der Waals surface area contributed by atoms with E-state index in [2.05, 4.69) is 36.1 Å². The van der Waals surface area contributed by atoms with Gasteiger partial charge in [-0.2, -0.15) is 0 Å². The van der Waals surface area contributed by atoms with Gasteiger partial charge >= 0.3 is 0 Å². The van der Waals surface area contributed by atoms with Crippen molar-refractivity contribution in [3.8, 4) is 0 Å². The standard InChI is InChI=1S/C14H25N3S/c1-4-15-14-16-9-13(18-14)10-17(3)12-7-5-6-11(2)8-12/h9,11-12H,4-8,10H2,1-3H3,(H,15,16). The second-order valence-corrected chi connectivity index (χ2v) is 6.62. The van der Waals surface area contributed by atoms with Crippen molar-refractivity contribution in [3.05, 3.63) is 11.1 Å². The molecule has 1 saturated carbocycles. The highest BCUT2D eigenvalue weighted by molar-refractivity contribution is 7.15. The summed E-state index contributed by atoms with van der Waals surface area (Å²) in [5, 5.41) is 4.33. The molecule has 102 valence electrons. The van der Waals surface area contributed by atoms with E-state index in [1.807, 2.05) is 6.20 Å². The Bertz CT molecular complexity index is 364. The number of rotatable bonds is 5. The Morgan fingerprint density at radius 3 is 3.06 bits per heavy atom. The smallest absolute Gasteiger partial charge is 0.182 e. The third-order valence-electron chi connectivity index (χ3n) is 3.82. The largest absolute Gasteiger partial charge is 0.362 e. The van der Waals surface area contributed by atoms with Crippen molar-refractivity contribution in [2.75, 3.05) is 18.9 Å². The molecular weight excluding hydrogens is 242 g/mol. The number of nitrogens with one attached hydrogen (secondary N) is 1. The van der Waals surface area contributed by atoms with Crippen LogP contribution in [0.1, 0.15) is 44.4 Å². The monoisotopic (exact) mass is 267 g/mol. The minimum absolute atomic E-state index is 0.762. The summed E-state index contributed by atoms with van der Waals surface area (Å²) in [6, 6.07) is 0.762. The van der Waals surface area contributed by atoms with Gasteiger partial charge in [0.25, 0.3) is 0 Å². The molecule has 18 heavy (non-hydrogen) atoms. The summed E-state index contributed by atoms with van der Waals surface area (Å²) in [5.41, 5.74) is 0. The first kappa shape index (κ1) is 13.8. The van der Waals surface area contributed by atoms with Gasteiger partial charge in [-0.25, -0.2) is 4.98 Å². The molecular formula is C14H25N3S. The maximum Gasteiger partial charge on any atom is 0.182 e. The number of nitrogens with zero attached hydrogens (tertiary/aromatic N) is 2. The molecule has 2 atom stereocenters. The molecule has 0 aromatic carbocycles. The van der Waals surface area contributed by atoms with Gasteiger partial charge in [0.1, 0.15) is 0 Å². The molecule has 0 amide bonds. The van der Waals surface area contributed by atoms with Crippen LogP contribution in [0.5, 0.6) is 0 Å². The van der Waals surface area contributed by atoms with E-state index in [1.54, 1.807) is 11.3 Å². The Kier molecular flexibility index (Phi) is 5.01. The second kappa shape index (κ2) is 6.53. The van der Waals surface area contributed by atoms with Crippen molar-refractivity contribution in [1.29, 1.82) is 0 Å². The summed E-state index contributed by atoms with van der Waals surface area (Å²) >= 11 is 1.79. The SMILES string of the molecule is CCNc1ncc(CN(C)C2CCCC(C)C2)s1. The Hall–Kier alpha value is -0.610. The highest BCUT2D eigenvalue weighted by atomic mass is 32.1. The molecule has 1 aliphatic carbocycles.